The maximum absolute atomic E-state index is 12.9. The number of hydrogen-bond donors (Lipinski definition) is 4. The second-order valence-corrected chi connectivity index (χ2v) is 9.50. The molecule has 0 aromatic heterocycles. The van der Waals surface area contributed by atoms with Gasteiger partial charge in [0.05, 0.1) is 13.2 Å². The number of esters is 2. The number of aliphatic hydroxyl groups excluding tert-OH is 1. The fourth-order valence-electron chi connectivity index (χ4n) is 3.58. The molecule has 4 N–H and O–H groups in total. The predicted molar refractivity (Wildman–Crippen MR) is 140 cm³/mol. The maximum Gasteiger partial charge on any atom is 0.341 e. The molecule has 0 amide bonds. The number of methoxy groups -OCH3 is 1. The van der Waals surface area contributed by atoms with Crippen LogP contribution >= 0.6 is 0 Å². The lowest BCUT2D eigenvalue weighted by molar-refractivity contribution is -0.194. The van der Waals surface area contributed by atoms with E-state index in [0.717, 1.165) is 0 Å². The minimum absolute atomic E-state index is 0.0486. The van der Waals surface area contributed by atoms with E-state index >= 15 is 0 Å². The molecule has 0 saturated heterocycles. The van der Waals surface area contributed by atoms with Gasteiger partial charge in [-0.3, -0.25) is 4.79 Å². The van der Waals surface area contributed by atoms with E-state index in [2.05, 4.69) is 5.48 Å². The Balaban J connectivity index is 1.96. The highest BCUT2D eigenvalue weighted by molar-refractivity contribution is 5.89. The molecule has 40 heavy (non-hydrogen) atoms. The second-order valence-electron chi connectivity index (χ2n) is 9.50. The Morgan fingerprint density at radius 2 is 1.50 bits per heavy atom. The number of aliphatic hydroxyl groups is 2. The molecule has 0 bridgehead atoms. The zero-order valence-corrected chi connectivity index (χ0v) is 22.6. The Morgan fingerprint density at radius 1 is 0.950 bits per heavy atom. The summed E-state index contributed by atoms with van der Waals surface area (Å²) in [6, 6.07) is 12.0. The quantitative estimate of drug-likeness (QED) is 0.126. The molecular formula is C28H35NO11. The number of hydroxylamine groups is 1. The van der Waals surface area contributed by atoms with Gasteiger partial charge in [0.1, 0.15) is 31.0 Å². The maximum atomic E-state index is 12.9. The largest absolute Gasteiger partial charge is 0.497 e. The van der Waals surface area contributed by atoms with Crippen LogP contribution in [0.4, 0.5) is 0 Å². The van der Waals surface area contributed by atoms with Crippen LogP contribution < -0.4 is 15.1 Å². The van der Waals surface area contributed by atoms with E-state index in [4.69, 9.17) is 24.2 Å². The van der Waals surface area contributed by atoms with Crippen molar-refractivity contribution in [2.45, 2.75) is 64.1 Å². The molecule has 0 heterocycles. The van der Waals surface area contributed by atoms with Gasteiger partial charge in [-0.25, -0.2) is 9.59 Å². The molecular weight excluding hydrogens is 526 g/mol. The average molecular weight is 562 g/mol. The van der Waals surface area contributed by atoms with Crippen LogP contribution in [0.1, 0.15) is 44.2 Å². The first-order valence-electron chi connectivity index (χ1n) is 12.5. The molecule has 2 rings (SSSR count). The molecule has 0 aliphatic carbocycles. The van der Waals surface area contributed by atoms with Crippen molar-refractivity contribution in [1.29, 1.82) is 0 Å². The Bertz CT molecular complexity index is 1120. The van der Waals surface area contributed by atoms with Crippen LogP contribution in [-0.2, 0) is 41.9 Å². The smallest absolute Gasteiger partial charge is 0.341 e. The summed E-state index contributed by atoms with van der Waals surface area (Å²) >= 11 is 0. The first-order chi connectivity index (χ1) is 19.0. The third kappa shape index (κ3) is 9.95. The third-order valence-electron chi connectivity index (χ3n) is 5.74. The summed E-state index contributed by atoms with van der Waals surface area (Å²) < 4.78 is 15.4. The van der Waals surface area contributed by atoms with Crippen molar-refractivity contribution >= 4 is 24.2 Å². The fraction of sp³-hybridized carbons (Fsp3) is 0.429. The van der Waals surface area contributed by atoms with Gasteiger partial charge >= 0.3 is 17.9 Å². The third-order valence-corrected chi connectivity index (χ3v) is 5.74. The lowest BCUT2D eigenvalue weighted by Gasteiger charge is -2.30. The van der Waals surface area contributed by atoms with Gasteiger partial charge in [-0.1, -0.05) is 38.1 Å². The van der Waals surface area contributed by atoms with E-state index in [-0.39, 0.29) is 38.4 Å². The SMILES string of the molecule is COc1ccc(COC(=O)C(O)C(O)(CC(C)C)C(=O)OCc2ccc(ON[C@@H](C=O)CCC(=O)O)cc2)cc1. The van der Waals surface area contributed by atoms with E-state index in [1.165, 1.54) is 19.2 Å². The summed E-state index contributed by atoms with van der Waals surface area (Å²) in [7, 11) is 1.52. The minimum atomic E-state index is -2.54. The van der Waals surface area contributed by atoms with Gasteiger partial charge in [-0.05, 0) is 54.2 Å². The Kier molecular flexibility index (Phi) is 12.5. The summed E-state index contributed by atoms with van der Waals surface area (Å²) in [5.74, 6) is -2.76. The number of nitrogens with one attached hydrogen (secondary N) is 1. The van der Waals surface area contributed by atoms with Gasteiger partial charge in [0.2, 0.25) is 0 Å². The van der Waals surface area contributed by atoms with Crippen molar-refractivity contribution < 1.29 is 53.5 Å². The lowest BCUT2D eigenvalue weighted by atomic mass is 9.87. The number of carboxylic acids is 1. The highest BCUT2D eigenvalue weighted by atomic mass is 16.6. The molecule has 0 radical (unpaired) electrons. The number of aldehydes is 1. The monoisotopic (exact) mass is 561 g/mol. The van der Waals surface area contributed by atoms with Gasteiger partial charge in [-0.15, -0.1) is 5.48 Å². The standard InChI is InChI=1S/C28H35NO11/c1-18(2)14-28(36,25(33)26(34)38-16-19-4-9-22(37-3)10-5-19)27(35)39-17-20-6-11-23(12-7-20)40-29-21(15-30)8-13-24(31)32/h4-7,9-12,15,18,21,25,29,33,36H,8,13-14,16-17H2,1-3H3,(H,31,32)/t21-,25?,28?/m1/s1. The zero-order chi connectivity index (χ0) is 29.7. The Labute approximate surface area is 231 Å². The number of aliphatic carboxylic acids is 1. The summed E-state index contributed by atoms with van der Waals surface area (Å²) in [5, 5.41) is 30.4. The van der Waals surface area contributed by atoms with Crippen LogP contribution in [0.5, 0.6) is 11.5 Å². The van der Waals surface area contributed by atoms with Gasteiger partial charge in [0, 0.05) is 6.42 Å². The van der Waals surface area contributed by atoms with Crippen molar-refractivity contribution in [3.8, 4) is 11.5 Å². The Morgan fingerprint density at radius 3 is 2.00 bits per heavy atom. The van der Waals surface area contributed by atoms with Gasteiger partial charge in [-0.2, -0.15) is 0 Å². The van der Waals surface area contributed by atoms with E-state index < -0.39 is 35.7 Å². The molecule has 2 unspecified atom stereocenters. The molecule has 0 saturated carbocycles. The van der Waals surface area contributed by atoms with Crippen molar-refractivity contribution in [3.63, 3.8) is 0 Å². The number of benzene rings is 2. The fourth-order valence-corrected chi connectivity index (χ4v) is 3.58. The number of carbonyl (C=O) groups is 4. The van der Waals surface area contributed by atoms with Crippen LogP contribution in [0.15, 0.2) is 48.5 Å². The van der Waals surface area contributed by atoms with E-state index in [9.17, 15) is 29.4 Å². The van der Waals surface area contributed by atoms with E-state index in [1.54, 1.807) is 50.2 Å². The summed E-state index contributed by atoms with van der Waals surface area (Å²) in [5.41, 5.74) is 1.04. The van der Waals surface area contributed by atoms with Crippen molar-refractivity contribution in [3.05, 3.63) is 59.7 Å². The average Bonchev–Trinajstić information content (AvgIpc) is 2.94. The first-order valence-corrected chi connectivity index (χ1v) is 12.5. The molecule has 2 aromatic rings. The topological polar surface area (TPSA) is 178 Å². The summed E-state index contributed by atoms with van der Waals surface area (Å²) in [6.07, 6.45) is -2.06. The number of carbonyl (C=O) groups excluding carboxylic acids is 3. The first kappa shape index (κ1) is 32.2. The zero-order valence-electron chi connectivity index (χ0n) is 22.6. The molecule has 218 valence electrons. The van der Waals surface area contributed by atoms with Crippen LogP contribution in [0.2, 0.25) is 0 Å². The van der Waals surface area contributed by atoms with Crippen molar-refractivity contribution in [1.82, 2.24) is 5.48 Å². The van der Waals surface area contributed by atoms with Crippen LogP contribution in [0.25, 0.3) is 0 Å². The number of carboxylic acid groups (broad SMARTS) is 1. The molecule has 12 heteroatoms. The van der Waals surface area contributed by atoms with Crippen molar-refractivity contribution in [2.75, 3.05) is 7.11 Å². The number of hydrogen-bond acceptors (Lipinski definition) is 11. The highest BCUT2D eigenvalue weighted by Crippen LogP contribution is 2.25. The van der Waals surface area contributed by atoms with Crippen molar-refractivity contribution in [2.24, 2.45) is 5.92 Å². The number of ether oxygens (including phenoxy) is 3. The predicted octanol–water partition coefficient (Wildman–Crippen LogP) is 1.94. The molecule has 3 atom stereocenters. The van der Waals surface area contributed by atoms with Gasteiger partial charge < -0.3 is 39.2 Å². The second kappa shape index (κ2) is 15.6. The molecule has 12 nitrogen and oxygen atoms in total. The lowest BCUT2D eigenvalue weighted by Crippen LogP contribution is -2.55. The molecule has 0 aliphatic rings. The van der Waals surface area contributed by atoms with Gasteiger partial charge in [0.15, 0.2) is 11.7 Å². The summed E-state index contributed by atoms with van der Waals surface area (Å²) in [4.78, 5) is 52.4. The molecule has 0 aliphatic heterocycles. The van der Waals surface area contributed by atoms with Crippen LogP contribution in [0, 0.1) is 5.92 Å². The normalized spacial score (nSPS) is 13.9. The Hall–Kier alpha value is -4.00. The molecule has 2 aromatic carbocycles. The number of rotatable bonds is 17. The highest BCUT2D eigenvalue weighted by Gasteiger charge is 2.49. The van der Waals surface area contributed by atoms with Crippen LogP contribution in [-0.4, -0.2) is 64.4 Å². The van der Waals surface area contributed by atoms with Crippen LogP contribution in [0.3, 0.4) is 0 Å². The minimum Gasteiger partial charge on any atom is -0.497 e. The van der Waals surface area contributed by atoms with E-state index in [0.29, 0.717) is 28.9 Å². The summed E-state index contributed by atoms with van der Waals surface area (Å²) in [6.45, 7) is 2.94. The van der Waals surface area contributed by atoms with Gasteiger partial charge in [0.25, 0.3) is 0 Å². The molecule has 0 fully saturated rings. The molecule has 0 spiro atoms. The van der Waals surface area contributed by atoms with E-state index in [1.807, 2.05) is 0 Å².